The minimum Gasteiger partial charge on any atom is -0.497 e. The molecule has 1 unspecified atom stereocenters. The number of rotatable bonds is 18. The molecule has 2 heterocycles. The van der Waals surface area contributed by atoms with E-state index in [9.17, 15) is 14.9 Å². The predicted molar refractivity (Wildman–Crippen MR) is 233 cm³/mol. The normalized spacial score (nSPS) is 18.6. The molecule has 1 amide bonds. The van der Waals surface area contributed by atoms with Crippen LogP contribution in [0.15, 0.2) is 131 Å². The van der Waals surface area contributed by atoms with Crippen molar-refractivity contribution in [1.29, 1.82) is 5.26 Å². The van der Waals surface area contributed by atoms with Crippen molar-refractivity contribution in [3.63, 3.8) is 0 Å². The van der Waals surface area contributed by atoms with Crippen molar-refractivity contribution in [2.24, 2.45) is 12.0 Å². The first-order valence-corrected chi connectivity index (χ1v) is 21.5. The lowest BCUT2D eigenvalue weighted by Gasteiger charge is -2.39. The van der Waals surface area contributed by atoms with Crippen LogP contribution in [-0.2, 0) is 31.2 Å². The summed E-state index contributed by atoms with van der Waals surface area (Å²) < 4.78 is 59.6. The summed E-state index contributed by atoms with van der Waals surface area (Å²) in [6, 6.07) is 36.6. The molecule has 0 spiro atoms. The Morgan fingerprint density at radius 1 is 0.871 bits per heavy atom. The molecule has 326 valence electrons. The lowest BCUT2D eigenvalue weighted by atomic mass is 9.80. The van der Waals surface area contributed by atoms with Crippen LogP contribution < -0.4 is 20.7 Å². The zero-order chi connectivity index (χ0) is 44.4. The Morgan fingerprint density at radius 3 is 1.95 bits per heavy atom. The Kier molecular flexibility index (Phi) is 15.6. The molecule has 62 heavy (non-hydrogen) atoms. The van der Waals surface area contributed by atoms with Crippen LogP contribution in [0.3, 0.4) is 0 Å². The summed E-state index contributed by atoms with van der Waals surface area (Å²) in [5.74, 6) is 0.755. The van der Waals surface area contributed by atoms with Gasteiger partial charge in [0, 0.05) is 30.9 Å². The van der Waals surface area contributed by atoms with Crippen LogP contribution in [0.4, 0.5) is 4.39 Å². The lowest BCUT2D eigenvalue weighted by Crippen LogP contribution is -2.42. The number of ether oxygens (including phenoxy) is 4. The van der Waals surface area contributed by atoms with Crippen LogP contribution in [0.1, 0.15) is 67.4 Å². The van der Waals surface area contributed by atoms with Crippen molar-refractivity contribution in [1.82, 2.24) is 13.8 Å². The molecule has 5 aromatic rings. The van der Waals surface area contributed by atoms with Crippen LogP contribution in [0.25, 0.3) is 0 Å². The minimum absolute atomic E-state index is 0.0568. The molecule has 0 radical (unpaired) electrons. The number of hydrogen-bond acceptors (Lipinski definition) is 10. The molecular weight excluding hydrogens is 813 g/mol. The van der Waals surface area contributed by atoms with Crippen molar-refractivity contribution >= 4 is 14.4 Å². The molecule has 1 saturated heterocycles. The van der Waals surface area contributed by atoms with E-state index in [1.807, 2.05) is 111 Å². The molecule has 1 fully saturated rings. The summed E-state index contributed by atoms with van der Waals surface area (Å²) >= 11 is 0. The van der Waals surface area contributed by atoms with Gasteiger partial charge in [0.15, 0.2) is 12.4 Å². The van der Waals surface area contributed by atoms with E-state index in [1.165, 1.54) is 23.9 Å². The second kappa shape index (κ2) is 21.0. The number of methoxy groups -OCH3 is 2. The van der Waals surface area contributed by atoms with Crippen LogP contribution in [0.2, 0.25) is 0 Å². The maximum atomic E-state index is 17.5. The number of nitrogens with zero attached hydrogens (tertiary/aromatic N) is 5. The average molecular weight is 866 g/mol. The molecule has 0 N–H and O–H groups in total. The summed E-state index contributed by atoms with van der Waals surface area (Å²) in [6.07, 6.45) is -4.38. The third-order valence-corrected chi connectivity index (χ3v) is 12.7. The Balaban J connectivity index is 1.46. The molecule has 1 aliphatic rings. The van der Waals surface area contributed by atoms with Crippen molar-refractivity contribution in [3.8, 4) is 17.6 Å². The molecule has 1 aromatic heterocycles. The van der Waals surface area contributed by atoms with E-state index in [1.54, 1.807) is 44.6 Å². The number of carbonyl (C=O) groups is 1. The first kappa shape index (κ1) is 46.0. The number of amides is 1. The summed E-state index contributed by atoms with van der Waals surface area (Å²) in [4.78, 5) is 31.2. The van der Waals surface area contributed by atoms with Crippen LogP contribution in [0, 0.1) is 11.3 Å². The number of hydrogen-bond donors (Lipinski definition) is 0. The summed E-state index contributed by atoms with van der Waals surface area (Å²) in [5, 5.41) is 9.38. The number of nitriles is 1. The number of aromatic nitrogens is 2. The van der Waals surface area contributed by atoms with Crippen molar-refractivity contribution in [2.45, 2.75) is 76.4 Å². The third kappa shape index (κ3) is 10.1. The lowest BCUT2D eigenvalue weighted by molar-refractivity contribution is -0.0936. The Labute approximate surface area is 362 Å². The van der Waals surface area contributed by atoms with Gasteiger partial charge in [0.2, 0.25) is 0 Å². The molecule has 0 bridgehead atoms. The zero-order valence-corrected chi connectivity index (χ0v) is 36.9. The Hall–Kier alpha value is -5.52. The number of benzene rings is 4. The Bertz CT molecular complexity index is 2350. The van der Waals surface area contributed by atoms with Gasteiger partial charge in [-0.05, 0) is 86.8 Å². The number of carbonyl (C=O) groups excluding carboxylic acids is 1. The van der Waals surface area contributed by atoms with E-state index >= 15 is 4.39 Å². The topological polar surface area (TPSA) is 139 Å². The quantitative estimate of drug-likeness (QED) is 0.0486. The molecule has 15 heteroatoms. The van der Waals surface area contributed by atoms with Gasteiger partial charge in [0.25, 0.3) is 14.4 Å². The van der Waals surface area contributed by atoms with Gasteiger partial charge in [-0.25, -0.2) is 13.9 Å². The number of alkyl halides is 1. The largest absolute Gasteiger partial charge is 0.497 e. The van der Waals surface area contributed by atoms with E-state index in [-0.39, 0.29) is 37.2 Å². The molecule has 6 rings (SSSR count). The van der Waals surface area contributed by atoms with E-state index in [4.69, 9.17) is 28.0 Å². The van der Waals surface area contributed by atoms with Gasteiger partial charge in [0.05, 0.1) is 39.9 Å². The second-order valence-corrected chi connectivity index (χ2v) is 16.6. The fourth-order valence-corrected chi connectivity index (χ4v) is 9.27. The summed E-state index contributed by atoms with van der Waals surface area (Å²) in [5.41, 5.74) is 0.743. The van der Waals surface area contributed by atoms with Crippen molar-refractivity contribution in [3.05, 3.63) is 160 Å². The first-order valence-electron chi connectivity index (χ1n) is 20.4. The van der Waals surface area contributed by atoms with Crippen LogP contribution in [0.5, 0.6) is 11.5 Å². The van der Waals surface area contributed by atoms with Gasteiger partial charge >= 0.3 is 5.69 Å². The standard InChI is InChI=1S/C47H53FN5O8P/c1-32(2)53(33(3)4)62(59-30-14-28-49)61-43-40(60-45(42(43)48)52-29-27-41(51(5)46(52)55)50-44(54)34-15-10-8-11-16-34)31-58-47(35-17-12-9-13-18-35,36-19-23-38(56-6)24-20-36)37-21-25-39(57-7)26-22-37/h8-13,15-27,29,32-33,40,42-43,45H,14,30-31H2,1-7H3/t40-,42-,43-,45-,62?/m1/s1. The molecular formula is C47H53FN5O8P. The maximum Gasteiger partial charge on any atom is 0.331 e. The van der Waals surface area contributed by atoms with E-state index in [2.05, 4.69) is 11.1 Å². The smallest absolute Gasteiger partial charge is 0.331 e. The van der Waals surface area contributed by atoms with E-state index in [0.29, 0.717) is 17.1 Å². The highest BCUT2D eigenvalue weighted by molar-refractivity contribution is 7.44. The SMILES string of the molecule is COc1ccc(C(OC[C@H]2O[C@@H](n3ccc(=NC(=O)c4ccccc4)n(C)c3=O)[C@H](F)[C@@H]2OP(OCCC#N)N(C(C)C)C(C)C)(c2ccccc2)c2ccc(OC)cc2)cc1. The first-order chi connectivity index (χ1) is 29.9. The summed E-state index contributed by atoms with van der Waals surface area (Å²) in [6.45, 7) is 7.78. The van der Waals surface area contributed by atoms with Gasteiger partial charge in [-0.1, -0.05) is 72.8 Å². The second-order valence-electron chi connectivity index (χ2n) is 15.1. The fraction of sp³-hybridized carbons (Fsp3) is 0.362. The van der Waals surface area contributed by atoms with E-state index in [0.717, 1.165) is 21.3 Å². The van der Waals surface area contributed by atoms with Crippen LogP contribution in [-0.4, -0.2) is 77.6 Å². The zero-order valence-electron chi connectivity index (χ0n) is 36.0. The van der Waals surface area contributed by atoms with E-state index < -0.39 is 50.3 Å². The van der Waals surface area contributed by atoms with Gasteiger partial charge in [-0.2, -0.15) is 10.3 Å². The minimum atomic E-state index is -1.97. The highest BCUT2D eigenvalue weighted by atomic mass is 31.2. The highest BCUT2D eigenvalue weighted by Crippen LogP contribution is 2.51. The van der Waals surface area contributed by atoms with Gasteiger partial charge in [0.1, 0.15) is 34.8 Å². The number of halogens is 1. The Morgan fingerprint density at radius 2 is 1.42 bits per heavy atom. The summed E-state index contributed by atoms with van der Waals surface area (Å²) in [7, 11) is 2.68. The third-order valence-electron chi connectivity index (χ3n) is 10.5. The maximum absolute atomic E-state index is 17.5. The molecule has 5 atom stereocenters. The molecule has 4 aromatic carbocycles. The molecule has 1 aliphatic heterocycles. The average Bonchev–Trinajstić information content (AvgIpc) is 3.59. The molecule has 13 nitrogen and oxygen atoms in total. The van der Waals surface area contributed by atoms with Crippen LogP contribution >= 0.6 is 8.53 Å². The van der Waals surface area contributed by atoms with Crippen molar-refractivity contribution < 1.29 is 37.2 Å². The predicted octanol–water partition coefficient (Wildman–Crippen LogP) is 7.85. The molecule has 0 aliphatic carbocycles. The van der Waals surface area contributed by atoms with Crippen molar-refractivity contribution in [2.75, 3.05) is 27.4 Å². The highest BCUT2D eigenvalue weighted by Gasteiger charge is 2.51. The monoisotopic (exact) mass is 865 g/mol. The van der Waals surface area contributed by atoms with Gasteiger partial charge in [-0.15, -0.1) is 0 Å². The molecule has 0 saturated carbocycles. The van der Waals surface area contributed by atoms with Gasteiger partial charge < -0.3 is 28.0 Å². The van der Waals surface area contributed by atoms with Gasteiger partial charge in [-0.3, -0.25) is 13.9 Å². The fourth-order valence-electron chi connectivity index (χ4n) is 7.51.